The van der Waals surface area contributed by atoms with Crippen LogP contribution in [0.4, 0.5) is 0 Å². The number of alkyl halides is 1. The highest BCUT2D eigenvalue weighted by molar-refractivity contribution is 6.32. The van der Waals surface area contributed by atoms with Gasteiger partial charge in [0.15, 0.2) is 0 Å². The molecule has 0 saturated carbocycles. The van der Waals surface area contributed by atoms with Crippen molar-refractivity contribution < 1.29 is 19.7 Å². The molecule has 0 saturated heterocycles. The zero-order chi connectivity index (χ0) is 24.7. The van der Waals surface area contributed by atoms with Crippen LogP contribution in [0.2, 0.25) is 5.02 Å². The van der Waals surface area contributed by atoms with Crippen LogP contribution in [0.25, 0.3) is 0 Å². The maximum Gasteiger partial charge on any atom is 0.138 e. The van der Waals surface area contributed by atoms with Gasteiger partial charge in [-0.15, -0.1) is 16.7 Å². The highest BCUT2D eigenvalue weighted by Crippen LogP contribution is 2.36. The molecule has 0 bridgehead atoms. The van der Waals surface area contributed by atoms with Crippen molar-refractivity contribution in [1.29, 1.82) is 0 Å². The standard InChI is InChI=1S/C25H31Cl2N3O4/c1-4-19-13-30(29-28-19)14-21(32)16-33-22-8-5-17(6-9-22)25(2,3)18-7-10-24(23(27)11-18)34-15-20(31)12-26/h5-11,13,20-21,31-32H,4,12,14-16H2,1-3H3. The van der Waals surface area contributed by atoms with Gasteiger partial charge in [0.2, 0.25) is 0 Å². The second-order valence-electron chi connectivity index (χ2n) is 8.66. The van der Waals surface area contributed by atoms with Crippen LogP contribution in [0.5, 0.6) is 11.5 Å². The van der Waals surface area contributed by atoms with Gasteiger partial charge in [0.05, 0.1) is 23.1 Å². The Bertz CT molecular complexity index is 1060. The van der Waals surface area contributed by atoms with Gasteiger partial charge in [0, 0.05) is 11.6 Å². The number of aromatic nitrogens is 3. The molecule has 0 aliphatic rings. The molecule has 2 atom stereocenters. The van der Waals surface area contributed by atoms with Crippen molar-refractivity contribution in [3.05, 3.63) is 70.5 Å². The number of hydrogen-bond donors (Lipinski definition) is 2. The second-order valence-corrected chi connectivity index (χ2v) is 9.38. The Morgan fingerprint density at radius 3 is 2.29 bits per heavy atom. The van der Waals surface area contributed by atoms with Gasteiger partial charge in [0.25, 0.3) is 0 Å². The molecule has 2 aromatic carbocycles. The van der Waals surface area contributed by atoms with Crippen molar-refractivity contribution >= 4 is 23.2 Å². The Morgan fingerprint density at radius 2 is 1.68 bits per heavy atom. The minimum Gasteiger partial charge on any atom is -0.491 e. The number of hydrogen-bond acceptors (Lipinski definition) is 6. The normalized spacial score (nSPS) is 13.5. The van der Waals surface area contributed by atoms with Gasteiger partial charge in [-0.1, -0.05) is 55.8 Å². The smallest absolute Gasteiger partial charge is 0.138 e. The highest BCUT2D eigenvalue weighted by Gasteiger charge is 2.24. The van der Waals surface area contributed by atoms with Gasteiger partial charge in [-0.3, -0.25) is 0 Å². The van der Waals surface area contributed by atoms with E-state index in [2.05, 4.69) is 24.2 Å². The van der Waals surface area contributed by atoms with Crippen LogP contribution in [0.3, 0.4) is 0 Å². The molecular weight excluding hydrogens is 477 g/mol. The predicted octanol–water partition coefficient (Wildman–Crippen LogP) is 4.24. The number of aliphatic hydroxyl groups excluding tert-OH is 2. The lowest BCUT2D eigenvalue weighted by Crippen LogP contribution is -2.24. The average Bonchev–Trinajstić information content (AvgIpc) is 3.29. The number of aliphatic hydroxyl groups is 2. The minimum absolute atomic E-state index is 0.0841. The van der Waals surface area contributed by atoms with Crippen molar-refractivity contribution in [1.82, 2.24) is 15.0 Å². The van der Waals surface area contributed by atoms with E-state index in [1.807, 2.05) is 49.5 Å². The fourth-order valence-electron chi connectivity index (χ4n) is 3.42. The number of aryl methyl sites for hydroxylation is 1. The molecule has 0 amide bonds. The summed E-state index contributed by atoms with van der Waals surface area (Å²) in [5.41, 5.74) is 2.67. The van der Waals surface area contributed by atoms with E-state index in [0.717, 1.165) is 23.2 Å². The summed E-state index contributed by atoms with van der Waals surface area (Å²) in [5, 5.41) is 28.3. The first-order valence-corrected chi connectivity index (χ1v) is 12.1. The van der Waals surface area contributed by atoms with E-state index < -0.39 is 12.2 Å². The molecule has 0 aliphatic carbocycles. The Balaban J connectivity index is 1.59. The minimum atomic E-state index is -0.743. The second kappa shape index (κ2) is 11.9. The molecule has 0 fully saturated rings. The molecule has 7 nitrogen and oxygen atoms in total. The summed E-state index contributed by atoms with van der Waals surface area (Å²) in [7, 11) is 0. The fourth-order valence-corrected chi connectivity index (χ4v) is 3.75. The van der Waals surface area contributed by atoms with Gasteiger partial charge in [-0.25, -0.2) is 4.68 Å². The maximum absolute atomic E-state index is 10.3. The monoisotopic (exact) mass is 507 g/mol. The number of halogens is 2. The maximum atomic E-state index is 10.3. The predicted molar refractivity (Wildman–Crippen MR) is 133 cm³/mol. The molecule has 3 aromatic rings. The van der Waals surface area contributed by atoms with Crippen molar-refractivity contribution in [3.8, 4) is 11.5 Å². The van der Waals surface area contributed by atoms with Crippen LogP contribution < -0.4 is 9.47 Å². The molecule has 0 aliphatic heterocycles. The number of nitrogens with zero attached hydrogens (tertiary/aromatic N) is 3. The molecule has 2 unspecified atom stereocenters. The van der Waals surface area contributed by atoms with Crippen LogP contribution >= 0.6 is 23.2 Å². The average molecular weight is 508 g/mol. The topological polar surface area (TPSA) is 89.6 Å². The van der Waals surface area contributed by atoms with Crippen molar-refractivity contribution in [2.75, 3.05) is 19.1 Å². The molecule has 184 valence electrons. The first-order chi connectivity index (χ1) is 16.2. The van der Waals surface area contributed by atoms with E-state index in [1.54, 1.807) is 10.7 Å². The first-order valence-electron chi connectivity index (χ1n) is 11.2. The Kier molecular flexibility index (Phi) is 9.19. The molecule has 9 heteroatoms. The molecule has 2 N–H and O–H groups in total. The Labute approximate surface area is 210 Å². The van der Waals surface area contributed by atoms with E-state index in [0.29, 0.717) is 23.1 Å². The third kappa shape index (κ3) is 6.85. The summed E-state index contributed by atoms with van der Waals surface area (Å²) in [4.78, 5) is 0. The van der Waals surface area contributed by atoms with Crippen LogP contribution in [-0.4, -0.2) is 56.5 Å². The first kappa shape index (κ1) is 26.3. The third-order valence-electron chi connectivity index (χ3n) is 5.63. The third-order valence-corrected chi connectivity index (χ3v) is 6.28. The Morgan fingerprint density at radius 1 is 1.00 bits per heavy atom. The molecule has 3 rings (SSSR count). The van der Waals surface area contributed by atoms with Crippen molar-refractivity contribution in [2.24, 2.45) is 0 Å². The van der Waals surface area contributed by atoms with Gasteiger partial charge in [-0.05, 0) is 41.8 Å². The molecule has 34 heavy (non-hydrogen) atoms. The highest BCUT2D eigenvalue weighted by atomic mass is 35.5. The summed E-state index contributed by atoms with van der Waals surface area (Å²) in [6.07, 6.45) is 1.19. The summed E-state index contributed by atoms with van der Waals surface area (Å²) >= 11 is 12.0. The molecule has 1 heterocycles. The van der Waals surface area contributed by atoms with Crippen LogP contribution in [0.15, 0.2) is 48.7 Å². The lowest BCUT2D eigenvalue weighted by atomic mass is 9.78. The quantitative estimate of drug-likeness (QED) is 0.356. The number of benzene rings is 2. The summed E-state index contributed by atoms with van der Waals surface area (Å²) < 4.78 is 12.9. The van der Waals surface area contributed by atoms with Gasteiger partial charge in [0.1, 0.15) is 36.9 Å². The number of ether oxygens (including phenoxy) is 2. The van der Waals surface area contributed by atoms with E-state index in [-0.39, 0.29) is 24.5 Å². The Hall–Kier alpha value is -2.32. The van der Waals surface area contributed by atoms with E-state index in [1.165, 1.54) is 0 Å². The van der Waals surface area contributed by atoms with Crippen molar-refractivity contribution in [3.63, 3.8) is 0 Å². The van der Waals surface area contributed by atoms with Crippen LogP contribution in [-0.2, 0) is 18.4 Å². The van der Waals surface area contributed by atoms with E-state index >= 15 is 0 Å². The fraction of sp³-hybridized carbons (Fsp3) is 0.440. The van der Waals surface area contributed by atoms with Gasteiger partial charge in [-0.2, -0.15) is 0 Å². The zero-order valence-electron chi connectivity index (χ0n) is 19.6. The summed E-state index contributed by atoms with van der Waals surface area (Å²) in [6.45, 7) is 6.79. The molecule has 0 spiro atoms. The van der Waals surface area contributed by atoms with Crippen molar-refractivity contribution in [2.45, 2.75) is 51.4 Å². The molecule has 1 aromatic heterocycles. The van der Waals surface area contributed by atoms with Crippen LogP contribution in [0.1, 0.15) is 37.6 Å². The molecule has 0 radical (unpaired) electrons. The number of rotatable bonds is 12. The van der Waals surface area contributed by atoms with E-state index in [9.17, 15) is 10.2 Å². The largest absolute Gasteiger partial charge is 0.491 e. The van der Waals surface area contributed by atoms with Gasteiger partial charge < -0.3 is 19.7 Å². The van der Waals surface area contributed by atoms with Gasteiger partial charge >= 0.3 is 0 Å². The lowest BCUT2D eigenvalue weighted by Gasteiger charge is -2.27. The zero-order valence-corrected chi connectivity index (χ0v) is 21.1. The SMILES string of the molecule is CCc1cn(CC(O)COc2ccc(C(C)(C)c3ccc(OCC(O)CCl)c(Cl)c3)cc2)nn1. The van der Waals surface area contributed by atoms with E-state index in [4.69, 9.17) is 32.7 Å². The summed E-state index contributed by atoms with van der Waals surface area (Å²) in [5.74, 6) is 1.28. The summed E-state index contributed by atoms with van der Waals surface area (Å²) in [6, 6.07) is 13.4. The lowest BCUT2D eigenvalue weighted by molar-refractivity contribution is 0.0888. The van der Waals surface area contributed by atoms with Crippen LogP contribution in [0, 0.1) is 0 Å². The molecular formula is C25H31Cl2N3O4.